The summed E-state index contributed by atoms with van der Waals surface area (Å²) in [6.45, 7) is 8.13. The molecule has 1 fully saturated rings. The van der Waals surface area contributed by atoms with Crippen LogP contribution in [0.4, 0.5) is 0 Å². The van der Waals surface area contributed by atoms with Gasteiger partial charge in [0.2, 0.25) is 0 Å². The van der Waals surface area contributed by atoms with Crippen LogP contribution in [-0.4, -0.2) is 13.7 Å². The van der Waals surface area contributed by atoms with E-state index < -0.39 is 0 Å². The van der Waals surface area contributed by atoms with Crippen molar-refractivity contribution in [2.75, 3.05) is 13.7 Å². The average molecular weight is 226 g/mol. The summed E-state index contributed by atoms with van der Waals surface area (Å²) in [6.07, 6.45) is 9.77. The highest BCUT2D eigenvalue weighted by atomic mass is 16.5. The number of rotatable bonds is 6. The quantitative estimate of drug-likeness (QED) is 0.640. The van der Waals surface area contributed by atoms with Crippen molar-refractivity contribution in [2.45, 2.75) is 65.7 Å². The molecule has 0 radical (unpaired) electrons. The lowest BCUT2D eigenvalue weighted by molar-refractivity contribution is 0.0861. The lowest BCUT2D eigenvalue weighted by Gasteiger charge is -2.39. The van der Waals surface area contributed by atoms with E-state index in [4.69, 9.17) is 4.74 Å². The summed E-state index contributed by atoms with van der Waals surface area (Å²) < 4.78 is 5.25. The molecule has 16 heavy (non-hydrogen) atoms. The maximum atomic E-state index is 5.25. The van der Waals surface area contributed by atoms with E-state index in [1.807, 2.05) is 7.11 Å². The molecule has 1 aliphatic rings. The van der Waals surface area contributed by atoms with Crippen LogP contribution in [0.2, 0.25) is 0 Å². The van der Waals surface area contributed by atoms with Gasteiger partial charge in [-0.1, -0.05) is 40.0 Å². The second-order valence-electron chi connectivity index (χ2n) is 6.26. The Labute approximate surface area is 102 Å². The molecule has 1 heteroatoms. The highest BCUT2D eigenvalue weighted by Gasteiger charge is 2.32. The molecule has 0 N–H and O–H groups in total. The highest BCUT2D eigenvalue weighted by Crippen LogP contribution is 2.43. The summed E-state index contributed by atoms with van der Waals surface area (Å²) in [4.78, 5) is 0. The first-order chi connectivity index (χ1) is 7.59. The molecule has 0 aliphatic heterocycles. The van der Waals surface area contributed by atoms with Crippen molar-refractivity contribution >= 4 is 0 Å². The van der Waals surface area contributed by atoms with Gasteiger partial charge in [-0.3, -0.25) is 0 Å². The first-order valence-electron chi connectivity index (χ1n) is 7.08. The molecule has 1 nitrogen and oxygen atoms in total. The van der Waals surface area contributed by atoms with E-state index in [0.29, 0.717) is 5.41 Å². The smallest absolute Gasteiger partial charge is 0.0467 e. The molecule has 0 heterocycles. The molecule has 1 aliphatic carbocycles. The van der Waals surface area contributed by atoms with Gasteiger partial charge in [-0.05, 0) is 42.9 Å². The molecule has 0 amide bonds. The van der Waals surface area contributed by atoms with Gasteiger partial charge in [-0.15, -0.1) is 0 Å². The van der Waals surface area contributed by atoms with Crippen molar-refractivity contribution in [3.8, 4) is 0 Å². The Morgan fingerprint density at radius 3 is 2.81 bits per heavy atom. The minimum atomic E-state index is 0.562. The Kier molecular flexibility index (Phi) is 5.82. The minimum absolute atomic E-state index is 0.562. The molecular weight excluding hydrogens is 196 g/mol. The first kappa shape index (κ1) is 14.0. The molecule has 3 unspecified atom stereocenters. The number of hydrogen-bond acceptors (Lipinski definition) is 1. The Morgan fingerprint density at radius 2 is 2.19 bits per heavy atom. The van der Waals surface area contributed by atoms with Crippen molar-refractivity contribution in [2.24, 2.45) is 17.3 Å². The average Bonchev–Trinajstić information content (AvgIpc) is 2.26. The maximum absolute atomic E-state index is 5.25. The van der Waals surface area contributed by atoms with Crippen molar-refractivity contribution in [1.29, 1.82) is 0 Å². The van der Waals surface area contributed by atoms with Crippen molar-refractivity contribution in [3.05, 3.63) is 0 Å². The topological polar surface area (TPSA) is 9.23 Å². The van der Waals surface area contributed by atoms with E-state index in [2.05, 4.69) is 20.8 Å². The normalized spacial score (nSPS) is 32.6. The van der Waals surface area contributed by atoms with Crippen LogP contribution in [0.5, 0.6) is 0 Å². The molecule has 0 bridgehead atoms. The van der Waals surface area contributed by atoms with Gasteiger partial charge in [0.15, 0.2) is 0 Å². The summed E-state index contributed by atoms with van der Waals surface area (Å²) in [5, 5.41) is 0. The van der Waals surface area contributed by atoms with Crippen LogP contribution in [0.25, 0.3) is 0 Å². The molecule has 3 atom stereocenters. The molecule has 1 rings (SSSR count). The third-order valence-corrected chi connectivity index (χ3v) is 4.52. The SMILES string of the molecule is CCC(C)CC1CCCC(C)(CCOC)C1. The Morgan fingerprint density at radius 1 is 1.44 bits per heavy atom. The van der Waals surface area contributed by atoms with Gasteiger partial charge in [0.25, 0.3) is 0 Å². The fourth-order valence-electron chi connectivity index (χ4n) is 3.23. The van der Waals surface area contributed by atoms with Crippen LogP contribution < -0.4 is 0 Å². The van der Waals surface area contributed by atoms with Crippen LogP contribution in [-0.2, 0) is 4.74 Å². The van der Waals surface area contributed by atoms with E-state index in [9.17, 15) is 0 Å². The molecule has 0 spiro atoms. The van der Waals surface area contributed by atoms with Gasteiger partial charge in [0.1, 0.15) is 0 Å². The number of hydrogen-bond donors (Lipinski definition) is 0. The molecule has 0 aromatic carbocycles. The van der Waals surface area contributed by atoms with Crippen LogP contribution in [0.3, 0.4) is 0 Å². The molecule has 0 aromatic rings. The van der Waals surface area contributed by atoms with Crippen LogP contribution in [0.1, 0.15) is 65.7 Å². The summed E-state index contributed by atoms with van der Waals surface area (Å²) in [5.41, 5.74) is 0.562. The second kappa shape index (κ2) is 6.64. The zero-order chi connectivity index (χ0) is 12.0. The van der Waals surface area contributed by atoms with Crippen molar-refractivity contribution < 1.29 is 4.74 Å². The Hall–Kier alpha value is -0.0400. The Balaban J connectivity index is 2.39. The van der Waals surface area contributed by atoms with E-state index in [-0.39, 0.29) is 0 Å². The van der Waals surface area contributed by atoms with Crippen molar-refractivity contribution in [1.82, 2.24) is 0 Å². The van der Waals surface area contributed by atoms with E-state index in [1.165, 1.54) is 44.9 Å². The van der Waals surface area contributed by atoms with Gasteiger partial charge in [0, 0.05) is 13.7 Å². The summed E-state index contributed by atoms with van der Waals surface area (Å²) in [5.74, 6) is 1.89. The summed E-state index contributed by atoms with van der Waals surface area (Å²) in [6, 6.07) is 0. The van der Waals surface area contributed by atoms with E-state index in [0.717, 1.165) is 18.4 Å². The fourth-order valence-corrected chi connectivity index (χ4v) is 3.23. The highest BCUT2D eigenvalue weighted by molar-refractivity contribution is 4.83. The zero-order valence-electron chi connectivity index (χ0n) is 11.7. The van der Waals surface area contributed by atoms with Gasteiger partial charge < -0.3 is 4.74 Å². The Bertz CT molecular complexity index is 190. The number of methoxy groups -OCH3 is 1. The molecule has 0 saturated heterocycles. The monoisotopic (exact) mass is 226 g/mol. The van der Waals surface area contributed by atoms with Crippen LogP contribution >= 0.6 is 0 Å². The van der Waals surface area contributed by atoms with Crippen LogP contribution in [0, 0.1) is 17.3 Å². The standard InChI is InChI=1S/C15H30O/c1-5-13(2)11-14-7-6-8-15(3,12-14)9-10-16-4/h13-14H,5-12H2,1-4H3. The van der Waals surface area contributed by atoms with Gasteiger partial charge >= 0.3 is 0 Å². The number of ether oxygens (including phenoxy) is 1. The minimum Gasteiger partial charge on any atom is -0.385 e. The predicted octanol–water partition coefficient (Wildman–Crippen LogP) is 4.66. The van der Waals surface area contributed by atoms with Gasteiger partial charge in [-0.2, -0.15) is 0 Å². The van der Waals surface area contributed by atoms with Crippen LogP contribution in [0.15, 0.2) is 0 Å². The third-order valence-electron chi connectivity index (χ3n) is 4.52. The van der Waals surface area contributed by atoms with Gasteiger partial charge in [0.05, 0.1) is 0 Å². The third kappa shape index (κ3) is 4.45. The fraction of sp³-hybridized carbons (Fsp3) is 1.00. The zero-order valence-corrected chi connectivity index (χ0v) is 11.7. The summed E-state index contributed by atoms with van der Waals surface area (Å²) in [7, 11) is 1.82. The van der Waals surface area contributed by atoms with E-state index >= 15 is 0 Å². The molecular formula is C15H30O. The lowest BCUT2D eigenvalue weighted by Crippen LogP contribution is -2.28. The lowest BCUT2D eigenvalue weighted by atomic mass is 9.67. The second-order valence-corrected chi connectivity index (χ2v) is 6.26. The first-order valence-corrected chi connectivity index (χ1v) is 7.08. The van der Waals surface area contributed by atoms with Gasteiger partial charge in [-0.25, -0.2) is 0 Å². The van der Waals surface area contributed by atoms with E-state index in [1.54, 1.807) is 0 Å². The molecule has 0 aromatic heterocycles. The molecule has 1 saturated carbocycles. The largest absolute Gasteiger partial charge is 0.385 e. The maximum Gasteiger partial charge on any atom is 0.0467 e. The molecule has 96 valence electrons. The summed E-state index contributed by atoms with van der Waals surface area (Å²) >= 11 is 0. The predicted molar refractivity (Wildman–Crippen MR) is 70.6 cm³/mol. The van der Waals surface area contributed by atoms with Crippen molar-refractivity contribution in [3.63, 3.8) is 0 Å².